The summed E-state index contributed by atoms with van der Waals surface area (Å²) in [5.41, 5.74) is 2.21. The molecule has 3 heteroatoms. The number of rotatable bonds is 6. The number of amides is 1. The number of benzene rings is 3. The lowest BCUT2D eigenvalue weighted by atomic mass is 10.0. The van der Waals surface area contributed by atoms with E-state index in [2.05, 4.69) is 23.5 Å². The largest absolute Gasteiger partial charge is 0.492 e. The summed E-state index contributed by atoms with van der Waals surface area (Å²) in [5, 5.41) is 5.21. The molecule has 0 saturated heterocycles. The smallest absolute Gasteiger partial charge is 0.224 e. The topological polar surface area (TPSA) is 38.3 Å². The van der Waals surface area contributed by atoms with Crippen LogP contribution >= 0.6 is 0 Å². The van der Waals surface area contributed by atoms with Gasteiger partial charge in [-0.1, -0.05) is 54.6 Å². The van der Waals surface area contributed by atoms with Crippen LogP contribution in [0.2, 0.25) is 0 Å². The van der Waals surface area contributed by atoms with Crippen molar-refractivity contribution in [2.75, 3.05) is 13.2 Å². The molecule has 3 nitrogen and oxygen atoms in total. The monoisotopic (exact) mass is 319 g/mol. The molecule has 3 rings (SSSR count). The molecule has 3 aromatic carbocycles. The van der Waals surface area contributed by atoms with Gasteiger partial charge in [0.05, 0.1) is 13.0 Å². The van der Waals surface area contributed by atoms with Gasteiger partial charge in [-0.3, -0.25) is 4.79 Å². The Balaban J connectivity index is 1.50. The van der Waals surface area contributed by atoms with Crippen molar-refractivity contribution in [1.29, 1.82) is 0 Å². The van der Waals surface area contributed by atoms with Crippen LogP contribution in [0.4, 0.5) is 0 Å². The molecular formula is C21H21NO2. The van der Waals surface area contributed by atoms with E-state index < -0.39 is 0 Å². The summed E-state index contributed by atoms with van der Waals surface area (Å²) in [7, 11) is 0. The lowest BCUT2D eigenvalue weighted by Crippen LogP contribution is -2.29. The Morgan fingerprint density at radius 3 is 2.67 bits per heavy atom. The Morgan fingerprint density at radius 1 is 1.00 bits per heavy atom. The Labute approximate surface area is 142 Å². The fraction of sp³-hybridized carbons (Fsp3) is 0.190. The quantitative estimate of drug-likeness (QED) is 0.700. The molecule has 24 heavy (non-hydrogen) atoms. The minimum atomic E-state index is 0.0131. The lowest BCUT2D eigenvalue weighted by molar-refractivity contribution is -0.120. The van der Waals surface area contributed by atoms with Gasteiger partial charge in [0.1, 0.15) is 12.4 Å². The molecule has 0 fully saturated rings. The first-order valence-corrected chi connectivity index (χ1v) is 8.15. The van der Waals surface area contributed by atoms with E-state index in [1.54, 1.807) is 0 Å². The van der Waals surface area contributed by atoms with Crippen molar-refractivity contribution >= 4 is 16.7 Å². The van der Waals surface area contributed by atoms with E-state index in [0.29, 0.717) is 19.6 Å². The van der Waals surface area contributed by atoms with Crippen molar-refractivity contribution in [2.45, 2.75) is 13.3 Å². The molecular weight excluding hydrogens is 298 g/mol. The maximum Gasteiger partial charge on any atom is 0.224 e. The van der Waals surface area contributed by atoms with E-state index in [1.165, 1.54) is 0 Å². The average Bonchev–Trinajstić information content (AvgIpc) is 2.59. The van der Waals surface area contributed by atoms with Gasteiger partial charge in [-0.25, -0.2) is 0 Å². The Kier molecular flexibility index (Phi) is 5.12. The third kappa shape index (κ3) is 4.13. The first-order chi connectivity index (χ1) is 11.7. The second kappa shape index (κ2) is 7.64. The van der Waals surface area contributed by atoms with Crippen LogP contribution in [-0.4, -0.2) is 19.1 Å². The van der Waals surface area contributed by atoms with E-state index in [0.717, 1.165) is 27.6 Å². The zero-order chi connectivity index (χ0) is 16.8. The molecule has 0 bridgehead atoms. The fourth-order valence-electron chi connectivity index (χ4n) is 2.75. The van der Waals surface area contributed by atoms with Crippen molar-refractivity contribution in [3.8, 4) is 5.75 Å². The predicted octanol–water partition coefficient (Wildman–Crippen LogP) is 3.89. The SMILES string of the molecule is Cc1cccc(OCCNC(=O)Cc2cccc3ccccc23)c1. The Bertz CT molecular complexity index is 837. The zero-order valence-electron chi connectivity index (χ0n) is 13.8. The Hall–Kier alpha value is -2.81. The molecule has 122 valence electrons. The lowest BCUT2D eigenvalue weighted by Gasteiger charge is -2.09. The molecule has 0 aliphatic carbocycles. The molecule has 0 spiro atoms. The summed E-state index contributed by atoms with van der Waals surface area (Å²) in [4.78, 5) is 12.2. The maximum atomic E-state index is 12.2. The van der Waals surface area contributed by atoms with Gasteiger partial charge in [0, 0.05) is 0 Å². The standard InChI is InChI=1S/C21H21NO2/c1-16-6-4-10-19(14-16)24-13-12-22-21(23)15-18-9-5-8-17-7-2-3-11-20(17)18/h2-11,14H,12-13,15H2,1H3,(H,22,23). The van der Waals surface area contributed by atoms with Crippen LogP contribution in [0.15, 0.2) is 66.7 Å². The highest BCUT2D eigenvalue weighted by Crippen LogP contribution is 2.18. The number of aryl methyl sites for hydroxylation is 1. The van der Waals surface area contributed by atoms with Crippen molar-refractivity contribution < 1.29 is 9.53 Å². The van der Waals surface area contributed by atoms with Crippen LogP contribution in [0.25, 0.3) is 10.8 Å². The summed E-state index contributed by atoms with van der Waals surface area (Å²) in [5.74, 6) is 0.845. The van der Waals surface area contributed by atoms with Crippen LogP contribution in [0.1, 0.15) is 11.1 Å². The summed E-state index contributed by atoms with van der Waals surface area (Å²) in [6.45, 7) is 2.99. The van der Waals surface area contributed by atoms with Gasteiger partial charge >= 0.3 is 0 Å². The molecule has 1 N–H and O–H groups in total. The average molecular weight is 319 g/mol. The van der Waals surface area contributed by atoms with Crippen molar-refractivity contribution in [1.82, 2.24) is 5.32 Å². The molecule has 0 aliphatic heterocycles. The van der Waals surface area contributed by atoms with E-state index >= 15 is 0 Å². The fourth-order valence-corrected chi connectivity index (χ4v) is 2.75. The first-order valence-electron chi connectivity index (χ1n) is 8.15. The normalized spacial score (nSPS) is 10.5. The molecule has 1 amide bonds. The van der Waals surface area contributed by atoms with Crippen LogP contribution in [0.5, 0.6) is 5.75 Å². The summed E-state index contributed by atoms with van der Waals surface area (Å²) in [6, 6.07) is 22.1. The van der Waals surface area contributed by atoms with E-state index in [9.17, 15) is 4.79 Å². The van der Waals surface area contributed by atoms with Gasteiger partial charge in [0.25, 0.3) is 0 Å². The third-order valence-electron chi connectivity index (χ3n) is 3.91. The first kappa shape index (κ1) is 16.1. The number of fused-ring (bicyclic) bond motifs is 1. The number of carbonyl (C=O) groups excluding carboxylic acids is 1. The van der Waals surface area contributed by atoms with Gasteiger partial charge in [-0.15, -0.1) is 0 Å². The molecule has 0 atom stereocenters. The molecule has 3 aromatic rings. The highest BCUT2D eigenvalue weighted by molar-refractivity contribution is 5.90. The van der Waals surface area contributed by atoms with E-state index in [1.807, 2.05) is 55.5 Å². The predicted molar refractivity (Wildman–Crippen MR) is 97.3 cm³/mol. The van der Waals surface area contributed by atoms with E-state index in [4.69, 9.17) is 4.74 Å². The highest BCUT2D eigenvalue weighted by atomic mass is 16.5. The summed E-state index contributed by atoms with van der Waals surface area (Å²) >= 11 is 0. The van der Waals surface area contributed by atoms with Gasteiger partial charge < -0.3 is 10.1 Å². The third-order valence-corrected chi connectivity index (χ3v) is 3.91. The second-order valence-corrected chi connectivity index (χ2v) is 5.83. The minimum Gasteiger partial charge on any atom is -0.492 e. The van der Waals surface area contributed by atoms with Crippen molar-refractivity contribution in [3.63, 3.8) is 0 Å². The summed E-state index contributed by atoms with van der Waals surface area (Å²) in [6.07, 6.45) is 0.381. The van der Waals surface area contributed by atoms with Crippen LogP contribution in [-0.2, 0) is 11.2 Å². The van der Waals surface area contributed by atoms with Gasteiger partial charge in [0.15, 0.2) is 0 Å². The Morgan fingerprint density at radius 2 is 1.79 bits per heavy atom. The zero-order valence-corrected chi connectivity index (χ0v) is 13.8. The van der Waals surface area contributed by atoms with Crippen molar-refractivity contribution in [3.05, 3.63) is 77.9 Å². The van der Waals surface area contributed by atoms with Crippen LogP contribution < -0.4 is 10.1 Å². The summed E-state index contributed by atoms with van der Waals surface area (Å²) < 4.78 is 5.64. The number of nitrogens with one attached hydrogen (secondary N) is 1. The number of hydrogen-bond donors (Lipinski definition) is 1. The molecule has 0 unspecified atom stereocenters. The number of carbonyl (C=O) groups is 1. The number of hydrogen-bond acceptors (Lipinski definition) is 2. The van der Waals surface area contributed by atoms with Gasteiger partial charge in [0.2, 0.25) is 5.91 Å². The molecule has 0 radical (unpaired) electrons. The molecule has 0 saturated carbocycles. The maximum absolute atomic E-state index is 12.2. The van der Waals surface area contributed by atoms with Crippen LogP contribution in [0.3, 0.4) is 0 Å². The van der Waals surface area contributed by atoms with Crippen LogP contribution in [0, 0.1) is 6.92 Å². The number of ether oxygens (including phenoxy) is 1. The van der Waals surface area contributed by atoms with E-state index in [-0.39, 0.29) is 5.91 Å². The van der Waals surface area contributed by atoms with Gasteiger partial charge in [-0.05, 0) is 41.0 Å². The van der Waals surface area contributed by atoms with Crippen molar-refractivity contribution in [2.24, 2.45) is 0 Å². The second-order valence-electron chi connectivity index (χ2n) is 5.83. The molecule has 0 aliphatic rings. The minimum absolute atomic E-state index is 0.0131. The highest BCUT2D eigenvalue weighted by Gasteiger charge is 2.06. The molecule has 0 heterocycles. The van der Waals surface area contributed by atoms with Gasteiger partial charge in [-0.2, -0.15) is 0 Å². The molecule has 0 aromatic heterocycles.